The van der Waals surface area contributed by atoms with Gasteiger partial charge in [0, 0.05) is 20.6 Å². The molecule has 0 spiro atoms. The van der Waals surface area contributed by atoms with Crippen LogP contribution in [0.5, 0.6) is 5.75 Å². The van der Waals surface area contributed by atoms with Crippen molar-refractivity contribution >= 4 is 46.1 Å². The minimum atomic E-state index is -0.916. The lowest BCUT2D eigenvalue weighted by atomic mass is 10.0. The summed E-state index contributed by atoms with van der Waals surface area (Å²) in [6.07, 6.45) is 1.68. The van der Waals surface area contributed by atoms with Gasteiger partial charge in [0.1, 0.15) is 36.1 Å². The third-order valence-electron chi connectivity index (χ3n) is 6.36. The lowest BCUT2D eigenvalue weighted by Crippen LogP contribution is -2.37. The summed E-state index contributed by atoms with van der Waals surface area (Å²) in [6, 6.07) is 16.4. The minimum absolute atomic E-state index is 0.120. The number of urea groups is 1. The Hall–Kier alpha value is -3.48. The van der Waals surface area contributed by atoms with E-state index >= 15 is 0 Å². The summed E-state index contributed by atoms with van der Waals surface area (Å²) in [7, 11) is 0. The number of halogens is 3. The Bertz CT molecular complexity index is 1510. The maximum Gasteiger partial charge on any atom is 0.325 e. The number of amides is 3. The third kappa shape index (κ3) is 5.77. The Labute approximate surface area is 242 Å². The zero-order valence-corrected chi connectivity index (χ0v) is 23.3. The molecule has 1 aliphatic rings. The number of aliphatic hydroxyl groups is 1. The molecule has 1 saturated heterocycles. The summed E-state index contributed by atoms with van der Waals surface area (Å²) in [5.74, 6) is -0.0237. The van der Waals surface area contributed by atoms with Gasteiger partial charge in [-0.05, 0) is 70.1 Å². The van der Waals surface area contributed by atoms with Gasteiger partial charge in [-0.2, -0.15) is 0 Å². The summed E-state index contributed by atoms with van der Waals surface area (Å²) in [6.45, 7) is 0.0264. The van der Waals surface area contributed by atoms with Crippen LogP contribution in [-0.2, 0) is 11.2 Å². The summed E-state index contributed by atoms with van der Waals surface area (Å²) in [4.78, 5) is 35.6. The third-order valence-corrected chi connectivity index (χ3v) is 7.40. The second-order valence-corrected chi connectivity index (χ2v) is 10.5. The van der Waals surface area contributed by atoms with Gasteiger partial charge in [0.05, 0.1) is 18.5 Å². The number of aromatic nitrogens is 2. The molecule has 0 saturated carbocycles. The van der Waals surface area contributed by atoms with E-state index < -0.39 is 29.8 Å². The molecule has 0 bridgehead atoms. The normalized spacial score (nSPS) is 15.9. The van der Waals surface area contributed by atoms with Gasteiger partial charge in [-0.25, -0.2) is 14.2 Å². The molecule has 8 nitrogen and oxygen atoms in total. The van der Waals surface area contributed by atoms with Crippen LogP contribution in [0.2, 0.25) is 5.02 Å². The van der Waals surface area contributed by atoms with E-state index in [0.29, 0.717) is 33.4 Å². The van der Waals surface area contributed by atoms with Gasteiger partial charge in [0.25, 0.3) is 5.91 Å². The molecular weight excluding hydrogens is 638 g/mol. The lowest BCUT2D eigenvalue weighted by molar-refractivity contribution is -0.129. The molecule has 1 aromatic heterocycles. The number of benzene rings is 3. The molecule has 1 fully saturated rings. The van der Waals surface area contributed by atoms with Gasteiger partial charge in [0.2, 0.25) is 0 Å². The highest BCUT2D eigenvalue weighted by Crippen LogP contribution is 2.34. The lowest BCUT2D eigenvalue weighted by Gasteiger charge is -2.24. The standard InChI is InChI=1S/C28H23ClFIN4O4/c29-21-4-2-1-3-17(21)13-24(26-32-15-23(33-26)20-10-7-18(31)14-22(20)30)35-27(37)25(34-28(35)38)16-5-8-19(9-6-16)39-12-11-36/h1-10,14-15,24-25,36H,11-13H2,(H,32,33)(H,34,38)/t24-,25?/m1/s1. The summed E-state index contributed by atoms with van der Waals surface area (Å²) >= 11 is 8.47. The van der Waals surface area contributed by atoms with E-state index in [-0.39, 0.29) is 19.6 Å². The monoisotopic (exact) mass is 660 g/mol. The van der Waals surface area contributed by atoms with Crippen LogP contribution in [0.25, 0.3) is 11.3 Å². The largest absolute Gasteiger partial charge is 0.491 e. The predicted molar refractivity (Wildman–Crippen MR) is 152 cm³/mol. The fourth-order valence-corrected chi connectivity index (χ4v) is 5.13. The molecule has 2 heterocycles. The molecular formula is C28H23ClFIN4O4. The highest BCUT2D eigenvalue weighted by atomic mass is 127. The van der Waals surface area contributed by atoms with Crippen LogP contribution >= 0.6 is 34.2 Å². The second-order valence-electron chi connectivity index (χ2n) is 8.85. The van der Waals surface area contributed by atoms with E-state index in [0.717, 1.165) is 14.0 Å². The van der Waals surface area contributed by atoms with Crippen molar-refractivity contribution in [2.24, 2.45) is 0 Å². The number of carbonyl (C=O) groups excluding carboxylic acids is 2. The van der Waals surface area contributed by atoms with Crippen LogP contribution in [0.4, 0.5) is 9.18 Å². The predicted octanol–water partition coefficient (Wildman–Crippen LogP) is 5.42. The first kappa shape index (κ1) is 27.1. The van der Waals surface area contributed by atoms with Crippen molar-refractivity contribution in [3.8, 4) is 17.0 Å². The van der Waals surface area contributed by atoms with Crippen LogP contribution in [0.1, 0.15) is 29.0 Å². The molecule has 3 N–H and O–H groups in total. The molecule has 0 aliphatic carbocycles. The molecule has 11 heteroatoms. The van der Waals surface area contributed by atoms with Crippen molar-refractivity contribution in [1.29, 1.82) is 0 Å². The average Bonchev–Trinajstić information content (AvgIpc) is 3.52. The Balaban J connectivity index is 1.48. The van der Waals surface area contributed by atoms with Crippen LogP contribution < -0.4 is 10.1 Å². The minimum Gasteiger partial charge on any atom is -0.491 e. The molecule has 1 aliphatic heterocycles. The first-order valence-corrected chi connectivity index (χ1v) is 13.5. The molecule has 4 aromatic rings. The zero-order chi connectivity index (χ0) is 27.5. The number of imide groups is 1. The quantitative estimate of drug-likeness (QED) is 0.164. The van der Waals surface area contributed by atoms with Gasteiger partial charge in [-0.1, -0.05) is 41.9 Å². The van der Waals surface area contributed by atoms with E-state index in [1.54, 1.807) is 48.5 Å². The SMILES string of the molecule is O=C1NC(c2ccc(OCCO)cc2)C(=O)N1[C@H](Cc1ccccc1Cl)c1ncc(-c2ccc(I)cc2F)[nH]1. The summed E-state index contributed by atoms with van der Waals surface area (Å²) in [5.41, 5.74) is 2.04. The molecule has 2 atom stereocenters. The fourth-order valence-electron chi connectivity index (χ4n) is 4.47. The van der Waals surface area contributed by atoms with Gasteiger partial charge in [-0.3, -0.25) is 9.69 Å². The number of carbonyl (C=O) groups is 2. The summed E-state index contributed by atoms with van der Waals surface area (Å²) < 4.78 is 20.8. The van der Waals surface area contributed by atoms with Crippen molar-refractivity contribution in [2.75, 3.05) is 13.2 Å². The molecule has 39 heavy (non-hydrogen) atoms. The number of hydrogen-bond acceptors (Lipinski definition) is 5. The number of rotatable bonds is 9. The molecule has 5 rings (SSSR count). The van der Waals surface area contributed by atoms with E-state index in [9.17, 15) is 14.0 Å². The van der Waals surface area contributed by atoms with Crippen molar-refractivity contribution in [3.63, 3.8) is 0 Å². The highest BCUT2D eigenvalue weighted by molar-refractivity contribution is 14.1. The zero-order valence-electron chi connectivity index (χ0n) is 20.4. The summed E-state index contributed by atoms with van der Waals surface area (Å²) in [5, 5.41) is 12.2. The number of hydrogen-bond donors (Lipinski definition) is 3. The Morgan fingerprint density at radius 1 is 1.13 bits per heavy atom. The number of imidazole rings is 1. The number of aromatic amines is 1. The molecule has 200 valence electrons. The molecule has 3 amide bonds. The van der Waals surface area contributed by atoms with Gasteiger partial charge in [0.15, 0.2) is 0 Å². The Kier molecular flexibility index (Phi) is 8.15. The second kappa shape index (κ2) is 11.7. The smallest absolute Gasteiger partial charge is 0.325 e. The number of aliphatic hydroxyl groups excluding tert-OH is 1. The number of nitrogens with one attached hydrogen (secondary N) is 2. The van der Waals surface area contributed by atoms with Crippen molar-refractivity contribution in [3.05, 3.63) is 104 Å². The first-order valence-electron chi connectivity index (χ1n) is 12.1. The maximum absolute atomic E-state index is 14.7. The van der Waals surface area contributed by atoms with Gasteiger partial charge < -0.3 is 20.1 Å². The van der Waals surface area contributed by atoms with Crippen LogP contribution in [-0.4, -0.2) is 45.1 Å². The van der Waals surface area contributed by atoms with Gasteiger partial charge >= 0.3 is 6.03 Å². The van der Waals surface area contributed by atoms with Crippen molar-refractivity contribution < 1.29 is 23.8 Å². The van der Waals surface area contributed by atoms with E-state index in [1.165, 1.54) is 12.3 Å². The number of ether oxygens (including phenoxy) is 1. The molecule has 1 unspecified atom stereocenters. The maximum atomic E-state index is 14.7. The van der Waals surface area contributed by atoms with E-state index in [2.05, 4.69) is 15.3 Å². The van der Waals surface area contributed by atoms with Gasteiger partial charge in [-0.15, -0.1) is 0 Å². The van der Waals surface area contributed by atoms with Crippen molar-refractivity contribution in [1.82, 2.24) is 20.2 Å². The Morgan fingerprint density at radius 3 is 2.62 bits per heavy atom. The van der Waals surface area contributed by atoms with Crippen LogP contribution in [0.3, 0.4) is 0 Å². The molecule has 0 radical (unpaired) electrons. The van der Waals surface area contributed by atoms with Crippen LogP contribution in [0.15, 0.2) is 72.9 Å². The topological polar surface area (TPSA) is 108 Å². The Morgan fingerprint density at radius 2 is 1.90 bits per heavy atom. The number of nitrogens with zero attached hydrogens (tertiary/aromatic N) is 2. The van der Waals surface area contributed by atoms with Crippen molar-refractivity contribution in [2.45, 2.75) is 18.5 Å². The first-order chi connectivity index (χ1) is 18.9. The number of H-pyrrole nitrogens is 1. The fraction of sp³-hybridized carbons (Fsp3) is 0.179. The average molecular weight is 661 g/mol. The molecule has 3 aromatic carbocycles. The highest BCUT2D eigenvalue weighted by Gasteiger charge is 2.44. The van der Waals surface area contributed by atoms with E-state index in [4.69, 9.17) is 21.4 Å². The van der Waals surface area contributed by atoms with Crippen LogP contribution in [0, 0.1) is 9.39 Å². The van der Waals surface area contributed by atoms with E-state index in [1.807, 2.05) is 34.7 Å².